The lowest BCUT2D eigenvalue weighted by Crippen LogP contribution is -2.54. The van der Waals surface area contributed by atoms with Crippen LogP contribution in [0.2, 0.25) is 0 Å². The third kappa shape index (κ3) is 4.61. The van der Waals surface area contributed by atoms with Crippen LogP contribution in [0.25, 0.3) is 11.1 Å². The van der Waals surface area contributed by atoms with Gasteiger partial charge in [-0.3, -0.25) is 9.59 Å². The number of hydrogen-bond acceptors (Lipinski definition) is 4. The van der Waals surface area contributed by atoms with Gasteiger partial charge >= 0.3 is 12.1 Å². The monoisotopic (exact) mass is 436 g/mol. The Kier molecular flexibility index (Phi) is 6.17. The molecular formula is C25H28N2O5. The van der Waals surface area contributed by atoms with Crippen LogP contribution in [0, 0.1) is 0 Å². The summed E-state index contributed by atoms with van der Waals surface area (Å²) in [6, 6.07) is 16.2. The summed E-state index contributed by atoms with van der Waals surface area (Å²) < 4.78 is 5.63. The first kappa shape index (κ1) is 21.9. The van der Waals surface area contributed by atoms with Crippen molar-refractivity contribution >= 4 is 18.0 Å². The number of hydrogen-bond donors (Lipinski definition) is 3. The predicted octanol–water partition coefficient (Wildman–Crippen LogP) is 3.82. The van der Waals surface area contributed by atoms with Crippen molar-refractivity contribution in [2.24, 2.45) is 0 Å². The van der Waals surface area contributed by atoms with Crippen LogP contribution < -0.4 is 10.6 Å². The van der Waals surface area contributed by atoms with Crippen molar-refractivity contribution in [2.75, 3.05) is 6.61 Å². The molecule has 3 N–H and O–H groups in total. The lowest BCUT2D eigenvalue weighted by atomic mass is 9.77. The van der Waals surface area contributed by atoms with Crippen molar-refractivity contribution in [1.29, 1.82) is 0 Å². The number of carbonyl (C=O) groups is 3. The molecule has 32 heavy (non-hydrogen) atoms. The molecule has 2 amide bonds. The smallest absolute Gasteiger partial charge is 0.407 e. The van der Waals surface area contributed by atoms with Gasteiger partial charge in [-0.25, -0.2) is 4.79 Å². The third-order valence-corrected chi connectivity index (χ3v) is 6.55. The van der Waals surface area contributed by atoms with E-state index in [9.17, 15) is 19.5 Å². The number of amides is 2. The Morgan fingerprint density at radius 1 is 1.00 bits per heavy atom. The van der Waals surface area contributed by atoms with Crippen molar-refractivity contribution in [3.05, 3.63) is 59.7 Å². The molecule has 0 saturated heterocycles. The molecule has 2 aliphatic rings. The Bertz CT molecular complexity index is 981. The van der Waals surface area contributed by atoms with E-state index in [1.165, 1.54) is 6.92 Å². The van der Waals surface area contributed by atoms with Crippen LogP contribution >= 0.6 is 0 Å². The molecule has 2 aromatic rings. The normalized spacial score (nSPS) is 21.8. The highest BCUT2D eigenvalue weighted by molar-refractivity contribution is 5.79. The van der Waals surface area contributed by atoms with Crippen molar-refractivity contribution in [3.8, 4) is 11.1 Å². The van der Waals surface area contributed by atoms with Gasteiger partial charge in [-0.15, -0.1) is 0 Å². The van der Waals surface area contributed by atoms with Crippen molar-refractivity contribution in [1.82, 2.24) is 10.6 Å². The number of aliphatic carboxylic acids is 1. The van der Waals surface area contributed by atoms with Gasteiger partial charge < -0.3 is 20.5 Å². The second kappa shape index (κ2) is 9.02. The summed E-state index contributed by atoms with van der Waals surface area (Å²) in [5, 5.41) is 15.1. The number of fused-ring (bicyclic) bond motifs is 3. The summed E-state index contributed by atoms with van der Waals surface area (Å²) in [5.41, 5.74) is 3.67. The maximum Gasteiger partial charge on any atom is 0.407 e. The number of alkyl carbamates (subject to hydrolysis) is 1. The molecule has 0 heterocycles. The molecule has 1 fully saturated rings. The number of benzene rings is 2. The fourth-order valence-corrected chi connectivity index (χ4v) is 5.09. The summed E-state index contributed by atoms with van der Waals surface area (Å²) in [5.74, 6) is -1.13. The van der Waals surface area contributed by atoms with Crippen LogP contribution in [-0.4, -0.2) is 41.3 Å². The summed E-state index contributed by atoms with van der Waals surface area (Å²) in [6.45, 7) is 1.64. The Labute approximate surface area is 187 Å². The van der Waals surface area contributed by atoms with Crippen molar-refractivity contribution < 1.29 is 24.2 Å². The molecule has 0 atom stereocenters. The maximum atomic E-state index is 12.7. The molecule has 2 aliphatic carbocycles. The van der Waals surface area contributed by atoms with Crippen LogP contribution in [0.1, 0.15) is 56.1 Å². The number of nitrogens with one attached hydrogen (secondary N) is 2. The molecule has 7 nitrogen and oxygen atoms in total. The van der Waals surface area contributed by atoms with Gasteiger partial charge in [0.25, 0.3) is 0 Å². The SMILES string of the molecule is CC(=O)NC1CCC(CC(=O)O)(NC(=O)OCC2c3ccccc3-c3ccccc32)CC1. The molecule has 0 radical (unpaired) electrons. The zero-order valence-electron chi connectivity index (χ0n) is 18.1. The van der Waals surface area contributed by atoms with Gasteiger partial charge in [0.05, 0.1) is 12.0 Å². The van der Waals surface area contributed by atoms with E-state index in [1.54, 1.807) is 0 Å². The Hall–Kier alpha value is -3.35. The number of carboxylic acids is 1. The third-order valence-electron chi connectivity index (χ3n) is 6.55. The number of carboxylic acid groups (broad SMARTS) is 1. The van der Waals surface area contributed by atoms with Crippen LogP contribution in [0.15, 0.2) is 48.5 Å². The van der Waals surface area contributed by atoms with E-state index in [0.29, 0.717) is 25.7 Å². The molecule has 0 aliphatic heterocycles. The van der Waals surface area contributed by atoms with Crippen LogP contribution in [0.4, 0.5) is 4.79 Å². The Morgan fingerprint density at radius 2 is 1.56 bits per heavy atom. The zero-order valence-corrected chi connectivity index (χ0v) is 18.1. The average molecular weight is 437 g/mol. The van der Waals surface area contributed by atoms with E-state index < -0.39 is 17.6 Å². The number of carbonyl (C=O) groups excluding carboxylic acids is 2. The largest absolute Gasteiger partial charge is 0.481 e. The molecule has 4 rings (SSSR count). The van der Waals surface area contributed by atoms with Crippen LogP contribution in [-0.2, 0) is 14.3 Å². The van der Waals surface area contributed by atoms with Gasteiger partial charge in [0.15, 0.2) is 0 Å². The molecule has 2 aromatic carbocycles. The first-order valence-electron chi connectivity index (χ1n) is 11.0. The van der Waals surface area contributed by atoms with Gasteiger partial charge in [0, 0.05) is 18.9 Å². The minimum atomic E-state index is -0.970. The van der Waals surface area contributed by atoms with E-state index in [1.807, 2.05) is 24.3 Å². The molecule has 0 aromatic heterocycles. The summed E-state index contributed by atoms with van der Waals surface area (Å²) in [6.07, 6.45) is 1.37. The number of rotatable bonds is 6. The standard InChI is InChI=1S/C25H28N2O5/c1-16(28)26-17-10-12-25(13-11-17,14-23(29)30)27-24(31)32-15-22-20-8-4-2-6-18(20)19-7-3-5-9-21(19)22/h2-9,17,22H,10-15H2,1H3,(H,26,28)(H,27,31)(H,29,30). The van der Waals surface area contributed by atoms with E-state index in [-0.39, 0.29) is 30.9 Å². The summed E-state index contributed by atoms with van der Waals surface area (Å²) in [4.78, 5) is 35.6. The molecule has 0 spiro atoms. The minimum absolute atomic E-state index is 0.00117. The summed E-state index contributed by atoms with van der Waals surface area (Å²) >= 11 is 0. The zero-order chi connectivity index (χ0) is 22.7. The topological polar surface area (TPSA) is 105 Å². The van der Waals surface area contributed by atoms with E-state index in [0.717, 1.165) is 22.3 Å². The molecule has 0 bridgehead atoms. The Balaban J connectivity index is 1.42. The van der Waals surface area contributed by atoms with Crippen molar-refractivity contribution in [2.45, 2.75) is 56.5 Å². The van der Waals surface area contributed by atoms with Crippen molar-refractivity contribution in [3.63, 3.8) is 0 Å². The van der Waals surface area contributed by atoms with Gasteiger partial charge in [0.2, 0.25) is 5.91 Å². The molecule has 0 unspecified atom stereocenters. The predicted molar refractivity (Wildman–Crippen MR) is 119 cm³/mol. The van der Waals surface area contributed by atoms with Gasteiger partial charge in [-0.05, 0) is 47.9 Å². The Morgan fingerprint density at radius 3 is 2.09 bits per heavy atom. The van der Waals surface area contributed by atoms with E-state index >= 15 is 0 Å². The molecule has 7 heteroatoms. The van der Waals surface area contributed by atoms with Crippen LogP contribution in [0.3, 0.4) is 0 Å². The highest BCUT2D eigenvalue weighted by Crippen LogP contribution is 2.44. The highest BCUT2D eigenvalue weighted by Gasteiger charge is 2.39. The van der Waals surface area contributed by atoms with E-state index in [4.69, 9.17) is 4.74 Å². The fraction of sp³-hybridized carbons (Fsp3) is 0.400. The highest BCUT2D eigenvalue weighted by atomic mass is 16.5. The first-order valence-corrected chi connectivity index (χ1v) is 11.0. The van der Waals surface area contributed by atoms with Gasteiger partial charge in [0.1, 0.15) is 6.61 Å². The fourth-order valence-electron chi connectivity index (χ4n) is 5.09. The quantitative estimate of drug-likeness (QED) is 0.639. The molecule has 1 saturated carbocycles. The summed E-state index contributed by atoms with van der Waals surface area (Å²) in [7, 11) is 0. The molecule has 168 valence electrons. The van der Waals surface area contributed by atoms with Gasteiger partial charge in [-0.1, -0.05) is 48.5 Å². The maximum absolute atomic E-state index is 12.7. The average Bonchev–Trinajstić information content (AvgIpc) is 3.07. The van der Waals surface area contributed by atoms with Gasteiger partial charge in [-0.2, -0.15) is 0 Å². The molecular weight excluding hydrogens is 408 g/mol. The second-order valence-electron chi connectivity index (χ2n) is 8.78. The lowest BCUT2D eigenvalue weighted by molar-refractivity contribution is -0.139. The number of ether oxygens (including phenoxy) is 1. The minimum Gasteiger partial charge on any atom is -0.481 e. The van der Waals surface area contributed by atoms with E-state index in [2.05, 4.69) is 34.9 Å². The van der Waals surface area contributed by atoms with Crippen LogP contribution in [0.5, 0.6) is 0 Å². The first-order chi connectivity index (χ1) is 15.4. The second-order valence-corrected chi connectivity index (χ2v) is 8.78. The lowest BCUT2D eigenvalue weighted by Gasteiger charge is -2.39.